The van der Waals surface area contributed by atoms with Crippen LogP contribution in [0.25, 0.3) is 0 Å². The van der Waals surface area contributed by atoms with Crippen molar-refractivity contribution in [1.29, 1.82) is 0 Å². The highest BCUT2D eigenvalue weighted by Crippen LogP contribution is 2.24. The second-order valence-electron chi connectivity index (χ2n) is 5.77. The van der Waals surface area contributed by atoms with Crippen molar-refractivity contribution in [3.05, 3.63) is 34.9 Å². The van der Waals surface area contributed by atoms with Gasteiger partial charge in [-0.25, -0.2) is 0 Å². The van der Waals surface area contributed by atoms with Gasteiger partial charge in [-0.3, -0.25) is 9.59 Å². The Labute approximate surface area is 113 Å². The van der Waals surface area contributed by atoms with E-state index in [1.54, 1.807) is 12.1 Å². The van der Waals surface area contributed by atoms with Crippen molar-refractivity contribution in [3.8, 4) is 0 Å². The topological polar surface area (TPSA) is 74.6 Å². The third-order valence-corrected chi connectivity index (χ3v) is 2.74. The highest BCUT2D eigenvalue weighted by atomic mass is 16.3. The Balaban J connectivity index is 3.24. The lowest BCUT2D eigenvalue weighted by molar-refractivity contribution is 0.0901. The van der Waals surface area contributed by atoms with Crippen LogP contribution in [-0.4, -0.2) is 35.0 Å². The summed E-state index contributed by atoms with van der Waals surface area (Å²) in [7, 11) is 0. The van der Waals surface area contributed by atoms with Gasteiger partial charge in [-0.2, -0.15) is 0 Å². The highest BCUT2D eigenvalue weighted by Gasteiger charge is 2.19. The van der Waals surface area contributed by atoms with E-state index in [2.05, 4.69) is 0 Å². The first-order chi connectivity index (χ1) is 8.78. The number of hydrogen-bond acceptors (Lipinski definition) is 4. The minimum Gasteiger partial charge on any atom is -0.388 e. The number of rotatable bonds is 5. The summed E-state index contributed by atoms with van der Waals surface area (Å²) < 4.78 is 0. The van der Waals surface area contributed by atoms with Crippen molar-refractivity contribution in [2.75, 3.05) is 13.2 Å². The number of aliphatic hydroxyl groups is 2. The van der Waals surface area contributed by atoms with E-state index >= 15 is 0 Å². The number of Topliss-reactive ketones (excluding diaryl/α,β-unsaturated/α-hetero) is 2. The molecule has 1 aromatic rings. The molecule has 0 atom stereocenters. The van der Waals surface area contributed by atoms with Crippen LogP contribution in [-0.2, 0) is 6.42 Å². The van der Waals surface area contributed by atoms with Gasteiger partial charge in [-0.15, -0.1) is 0 Å². The first-order valence-corrected chi connectivity index (χ1v) is 6.19. The predicted octanol–water partition coefficient (Wildman–Crippen LogP) is 1.63. The third-order valence-electron chi connectivity index (χ3n) is 2.74. The number of hydrogen-bond donors (Lipinski definition) is 2. The molecule has 0 aliphatic heterocycles. The molecular formula is C15H20O4. The van der Waals surface area contributed by atoms with Crippen LogP contribution in [0.5, 0.6) is 0 Å². The molecule has 19 heavy (non-hydrogen) atoms. The maximum Gasteiger partial charge on any atom is 0.188 e. The molecule has 0 fully saturated rings. The summed E-state index contributed by atoms with van der Waals surface area (Å²) in [4.78, 5) is 23.2. The molecule has 0 saturated carbocycles. The molecule has 1 aromatic carbocycles. The minimum atomic E-state index is -0.592. The molecule has 0 bridgehead atoms. The molecule has 0 spiro atoms. The van der Waals surface area contributed by atoms with Gasteiger partial charge in [-0.05, 0) is 23.5 Å². The van der Waals surface area contributed by atoms with Crippen molar-refractivity contribution >= 4 is 11.6 Å². The number of carbonyl (C=O) groups excluding carboxylic acids is 2. The Hall–Kier alpha value is -1.52. The third kappa shape index (κ3) is 4.26. The van der Waals surface area contributed by atoms with Crippen LogP contribution in [0.1, 0.15) is 47.1 Å². The number of aliphatic hydroxyl groups excluding tert-OH is 2. The van der Waals surface area contributed by atoms with Gasteiger partial charge in [0.1, 0.15) is 13.2 Å². The highest BCUT2D eigenvalue weighted by molar-refractivity contribution is 6.03. The molecule has 0 aliphatic rings. The maximum atomic E-state index is 11.8. The van der Waals surface area contributed by atoms with Crippen LogP contribution in [0.3, 0.4) is 0 Å². The summed E-state index contributed by atoms with van der Waals surface area (Å²) >= 11 is 0. The molecule has 0 heterocycles. The van der Waals surface area contributed by atoms with E-state index in [0.29, 0.717) is 12.0 Å². The lowest BCUT2D eigenvalue weighted by Crippen LogP contribution is -2.16. The fourth-order valence-corrected chi connectivity index (χ4v) is 1.91. The summed E-state index contributed by atoms with van der Waals surface area (Å²) in [6.07, 6.45) is 0.668. The first kappa shape index (κ1) is 15.5. The zero-order chi connectivity index (χ0) is 14.6. The normalized spacial score (nSPS) is 11.4. The summed E-state index contributed by atoms with van der Waals surface area (Å²) in [6.45, 7) is 4.96. The van der Waals surface area contributed by atoms with Crippen LogP contribution in [0.4, 0.5) is 0 Å². The average Bonchev–Trinajstić information content (AvgIpc) is 2.35. The standard InChI is InChI=1S/C15H20O4/c1-15(2,3)7-11-5-4-10(13(18)8-16)6-12(11)14(19)9-17/h4-6,16-17H,7-9H2,1-3H3. The molecule has 0 aliphatic carbocycles. The number of ketones is 2. The summed E-state index contributed by atoms with van der Waals surface area (Å²) in [6, 6.07) is 4.78. The Kier molecular flexibility index (Phi) is 4.97. The molecular weight excluding hydrogens is 244 g/mol. The van der Waals surface area contributed by atoms with Crippen LogP contribution < -0.4 is 0 Å². The first-order valence-electron chi connectivity index (χ1n) is 6.19. The monoisotopic (exact) mass is 264 g/mol. The van der Waals surface area contributed by atoms with Crippen LogP contribution in [0.15, 0.2) is 18.2 Å². The molecule has 4 heteroatoms. The van der Waals surface area contributed by atoms with Gasteiger partial charge in [0.15, 0.2) is 11.6 Å². The average molecular weight is 264 g/mol. The van der Waals surface area contributed by atoms with Gasteiger partial charge in [0, 0.05) is 11.1 Å². The molecule has 4 nitrogen and oxygen atoms in total. The van der Waals surface area contributed by atoms with Gasteiger partial charge in [0.05, 0.1) is 0 Å². The number of carbonyl (C=O) groups is 2. The summed E-state index contributed by atoms with van der Waals surface area (Å²) in [5.74, 6) is -0.846. The lowest BCUT2D eigenvalue weighted by atomic mass is 9.84. The Morgan fingerprint density at radius 1 is 1.05 bits per heavy atom. The second-order valence-corrected chi connectivity index (χ2v) is 5.77. The molecule has 1 rings (SSSR count). The van der Waals surface area contributed by atoms with Crippen molar-refractivity contribution in [3.63, 3.8) is 0 Å². The fourth-order valence-electron chi connectivity index (χ4n) is 1.91. The van der Waals surface area contributed by atoms with E-state index in [-0.39, 0.29) is 11.0 Å². The fraction of sp³-hybridized carbons (Fsp3) is 0.467. The molecule has 0 radical (unpaired) electrons. The lowest BCUT2D eigenvalue weighted by Gasteiger charge is -2.20. The van der Waals surface area contributed by atoms with E-state index in [4.69, 9.17) is 10.2 Å². The van der Waals surface area contributed by atoms with Crippen molar-refractivity contribution in [2.24, 2.45) is 5.41 Å². The van der Waals surface area contributed by atoms with Gasteiger partial charge in [0.25, 0.3) is 0 Å². The van der Waals surface area contributed by atoms with Gasteiger partial charge in [0.2, 0.25) is 0 Å². The van der Waals surface area contributed by atoms with Crippen LogP contribution >= 0.6 is 0 Å². The van der Waals surface area contributed by atoms with Gasteiger partial charge in [-0.1, -0.05) is 32.9 Å². The van der Waals surface area contributed by atoms with Crippen molar-refractivity contribution < 1.29 is 19.8 Å². The molecule has 0 unspecified atom stereocenters. The largest absolute Gasteiger partial charge is 0.388 e. The second kappa shape index (κ2) is 6.08. The van der Waals surface area contributed by atoms with E-state index in [0.717, 1.165) is 5.56 Å². The quantitative estimate of drug-likeness (QED) is 0.793. The van der Waals surface area contributed by atoms with Crippen molar-refractivity contribution in [2.45, 2.75) is 27.2 Å². The van der Waals surface area contributed by atoms with E-state index in [1.807, 2.05) is 20.8 Å². The molecule has 0 amide bonds. The molecule has 2 N–H and O–H groups in total. The Morgan fingerprint density at radius 2 is 1.63 bits per heavy atom. The molecule has 0 saturated heterocycles. The van der Waals surface area contributed by atoms with Gasteiger partial charge >= 0.3 is 0 Å². The van der Waals surface area contributed by atoms with Crippen molar-refractivity contribution in [1.82, 2.24) is 0 Å². The minimum absolute atomic E-state index is 0.00695. The van der Waals surface area contributed by atoms with Crippen LogP contribution in [0.2, 0.25) is 0 Å². The Morgan fingerprint density at radius 3 is 2.11 bits per heavy atom. The molecule has 104 valence electrons. The Bertz CT molecular complexity index is 483. The summed E-state index contributed by atoms with van der Waals surface area (Å²) in [5.41, 5.74) is 1.45. The smallest absolute Gasteiger partial charge is 0.188 e. The summed E-state index contributed by atoms with van der Waals surface area (Å²) in [5, 5.41) is 17.9. The zero-order valence-corrected chi connectivity index (χ0v) is 11.6. The maximum absolute atomic E-state index is 11.8. The SMILES string of the molecule is CC(C)(C)Cc1ccc(C(=O)CO)cc1C(=O)CO. The van der Waals surface area contributed by atoms with E-state index < -0.39 is 24.8 Å². The number of benzene rings is 1. The van der Waals surface area contributed by atoms with E-state index in [9.17, 15) is 9.59 Å². The zero-order valence-electron chi connectivity index (χ0n) is 11.6. The van der Waals surface area contributed by atoms with Crippen LogP contribution in [0, 0.1) is 5.41 Å². The van der Waals surface area contributed by atoms with E-state index in [1.165, 1.54) is 6.07 Å². The predicted molar refractivity (Wildman–Crippen MR) is 72.4 cm³/mol. The van der Waals surface area contributed by atoms with Gasteiger partial charge < -0.3 is 10.2 Å². The molecule has 0 aromatic heterocycles.